The zero-order valence-corrected chi connectivity index (χ0v) is 49.8. The topological polar surface area (TPSA) is 105 Å². The van der Waals surface area contributed by atoms with Gasteiger partial charge in [0, 0.05) is 6.42 Å². The molecule has 3 atom stereocenters. The van der Waals surface area contributed by atoms with Crippen LogP contribution in [0.25, 0.3) is 0 Å². The number of nitrogens with one attached hydrogen (secondary N) is 1. The van der Waals surface area contributed by atoms with Crippen molar-refractivity contribution in [1.82, 2.24) is 5.32 Å². The fraction of sp³-hybridized carbons (Fsp3) is 0.921. The van der Waals surface area contributed by atoms with Crippen molar-refractivity contribution in [3.05, 3.63) is 24.3 Å². The number of aliphatic hydroxyl groups excluding tert-OH is 1. The van der Waals surface area contributed by atoms with Crippen LogP contribution in [0.1, 0.15) is 322 Å². The third-order valence-electron chi connectivity index (χ3n) is 14.7. The van der Waals surface area contributed by atoms with E-state index in [1.807, 2.05) is 27.2 Å². The van der Waals surface area contributed by atoms with Gasteiger partial charge in [-0.25, -0.2) is 4.57 Å². The molecule has 0 bridgehead atoms. The van der Waals surface area contributed by atoms with Crippen LogP contribution < -0.4 is 5.32 Å². The molecular weight excluding hydrogens is 912 g/mol. The molecule has 0 aliphatic heterocycles. The van der Waals surface area contributed by atoms with Gasteiger partial charge in [-0.3, -0.25) is 13.8 Å². The number of unbranched alkanes of at least 4 members (excludes halogenated alkanes) is 44. The predicted molar refractivity (Wildman–Crippen MR) is 314 cm³/mol. The lowest BCUT2D eigenvalue weighted by Crippen LogP contribution is -2.45. The summed E-state index contributed by atoms with van der Waals surface area (Å²) in [5.74, 6) is -0.179. The van der Waals surface area contributed by atoms with E-state index in [1.54, 1.807) is 6.08 Å². The standard InChI is InChI=1S/C63H125N2O6P/c1-6-8-10-12-14-16-18-20-22-24-26-27-28-29-30-31-32-33-34-35-36-37-39-41-43-45-47-49-51-53-55-57-63(67)64-61(60-71-72(68,69)70-59-58-65(3,4)5)62(66)56-54-52-50-48-46-44-42-40-38-25-23-21-19-17-15-13-11-9-7-2/h46,48,54,56,61-62,66H,6-45,47,49-53,55,57-60H2,1-5H3,(H-,64,67,68,69)/p+1/b48-46+,56-54+. The van der Waals surface area contributed by atoms with E-state index in [4.69, 9.17) is 9.05 Å². The van der Waals surface area contributed by atoms with Crippen LogP contribution in [0.4, 0.5) is 0 Å². The molecule has 0 aliphatic rings. The Balaban J connectivity index is 4.07. The number of rotatable bonds is 59. The third kappa shape index (κ3) is 56.7. The highest BCUT2D eigenvalue weighted by molar-refractivity contribution is 7.47. The van der Waals surface area contributed by atoms with Gasteiger partial charge in [0.05, 0.1) is 39.9 Å². The molecule has 0 aromatic rings. The molecule has 0 saturated carbocycles. The molecule has 72 heavy (non-hydrogen) atoms. The molecule has 0 spiro atoms. The Morgan fingerprint density at radius 2 is 0.764 bits per heavy atom. The Morgan fingerprint density at radius 1 is 0.458 bits per heavy atom. The fourth-order valence-electron chi connectivity index (χ4n) is 9.71. The smallest absolute Gasteiger partial charge is 0.387 e. The number of hydrogen-bond acceptors (Lipinski definition) is 5. The number of nitrogens with zero attached hydrogens (tertiary/aromatic N) is 1. The highest BCUT2D eigenvalue weighted by Crippen LogP contribution is 2.43. The maximum atomic E-state index is 13.0. The first-order chi connectivity index (χ1) is 35.0. The summed E-state index contributed by atoms with van der Waals surface area (Å²) < 4.78 is 23.7. The third-order valence-corrected chi connectivity index (χ3v) is 15.7. The van der Waals surface area contributed by atoms with E-state index in [0.717, 1.165) is 38.5 Å². The average Bonchev–Trinajstić information content (AvgIpc) is 3.34. The SMILES string of the molecule is CCCCCCCCCCCCCCC/C=C/CC/C=C/C(O)C(COP(=O)(O)OCC[N+](C)(C)C)NC(=O)CCCCCCCCCCCCCCCCCCCCCCCCCCCCCCCCC. The second-order valence-electron chi connectivity index (χ2n) is 23.1. The van der Waals surface area contributed by atoms with Gasteiger partial charge in [0.25, 0.3) is 0 Å². The first-order valence-corrected chi connectivity index (χ1v) is 33.2. The van der Waals surface area contributed by atoms with Crippen LogP contribution in [0, 0.1) is 0 Å². The summed E-state index contributed by atoms with van der Waals surface area (Å²) in [7, 11) is 1.57. The van der Waals surface area contributed by atoms with E-state index < -0.39 is 20.0 Å². The normalized spacial score (nSPS) is 13.9. The first kappa shape index (κ1) is 71.0. The van der Waals surface area contributed by atoms with Gasteiger partial charge in [0.15, 0.2) is 0 Å². The van der Waals surface area contributed by atoms with Gasteiger partial charge in [-0.15, -0.1) is 0 Å². The molecule has 0 heterocycles. The first-order valence-electron chi connectivity index (χ1n) is 31.7. The molecule has 1 amide bonds. The summed E-state index contributed by atoms with van der Waals surface area (Å²) in [5.41, 5.74) is 0. The van der Waals surface area contributed by atoms with Crippen LogP contribution in [0.15, 0.2) is 24.3 Å². The molecule has 0 fully saturated rings. The quantitative estimate of drug-likeness (QED) is 0.0243. The minimum atomic E-state index is -4.35. The Morgan fingerprint density at radius 3 is 1.11 bits per heavy atom. The molecule has 0 radical (unpaired) electrons. The van der Waals surface area contributed by atoms with Gasteiger partial charge in [0.2, 0.25) is 5.91 Å². The monoisotopic (exact) mass is 1040 g/mol. The lowest BCUT2D eigenvalue weighted by Gasteiger charge is -2.25. The van der Waals surface area contributed by atoms with Crippen molar-refractivity contribution in [1.29, 1.82) is 0 Å². The van der Waals surface area contributed by atoms with Crippen LogP contribution in [0.3, 0.4) is 0 Å². The molecule has 0 saturated heterocycles. The number of amides is 1. The molecule has 8 nitrogen and oxygen atoms in total. The Bertz CT molecular complexity index is 1220. The lowest BCUT2D eigenvalue weighted by molar-refractivity contribution is -0.870. The van der Waals surface area contributed by atoms with Crippen LogP contribution in [-0.2, 0) is 18.4 Å². The van der Waals surface area contributed by atoms with Crippen LogP contribution in [0.2, 0.25) is 0 Å². The summed E-state index contributed by atoms with van der Waals surface area (Å²) in [6.45, 7) is 4.85. The molecule has 9 heteroatoms. The summed E-state index contributed by atoms with van der Waals surface area (Å²) in [5, 5.41) is 13.9. The second kappa shape index (κ2) is 54.8. The summed E-state index contributed by atoms with van der Waals surface area (Å²) in [6, 6.07) is -0.860. The molecule has 0 aromatic carbocycles. The molecule has 3 N–H and O–H groups in total. The zero-order valence-electron chi connectivity index (χ0n) is 48.9. The summed E-state index contributed by atoms with van der Waals surface area (Å²) >= 11 is 0. The summed E-state index contributed by atoms with van der Waals surface area (Å²) in [4.78, 5) is 23.3. The van der Waals surface area contributed by atoms with Crippen molar-refractivity contribution in [2.24, 2.45) is 0 Å². The molecule has 0 rings (SSSR count). The number of allylic oxidation sites excluding steroid dienone is 3. The van der Waals surface area contributed by atoms with Crippen LogP contribution in [-0.4, -0.2) is 73.4 Å². The van der Waals surface area contributed by atoms with Crippen molar-refractivity contribution in [2.75, 3.05) is 40.9 Å². The van der Waals surface area contributed by atoms with Crippen molar-refractivity contribution in [3.8, 4) is 0 Å². The highest BCUT2D eigenvalue weighted by Gasteiger charge is 2.27. The van der Waals surface area contributed by atoms with Gasteiger partial charge in [-0.05, 0) is 32.1 Å². The van der Waals surface area contributed by atoms with Gasteiger partial charge < -0.3 is 19.8 Å². The number of phosphoric ester groups is 1. The van der Waals surface area contributed by atoms with Crippen molar-refractivity contribution in [2.45, 2.75) is 334 Å². The molecule has 428 valence electrons. The number of hydrogen-bond donors (Lipinski definition) is 3. The average molecular weight is 1040 g/mol. The van der Waals surface area contributed by atoms with Crippen LogP contribution in [0.5, 0.6) is 0 Å². The molecule has 0 aromatic heterocycles. The fourth-order valence-corrected chi connectivity index (χ4v) is 10.4. The Labute approximate surface area is 449 Å². The number of carbonyl (C=O) groups excluding carboxylic acids is 1. The van der Waals surface area contributed by atoms with E-state index in [-0.39, 0.29) is 19.1 Å². The van der Waals surface area contributed by atoms with Gasteiger partial charge in [-0.2, -0.15) is 0 Å². The molecule has 0 aliphatic carbocycles. The number of phosphoric acid groups is 1. The minimum Gasteiger partial charge on any atom is -0.387 e. The highest BCUT2D eigenvalue weighted by atomic mass is 31.2. The number of quaternary nitrogens is 1. The predicted octanol–water partition coefficient (Wildman–Crippen LogP) is 19.5. The van der Waals surface area contributed by atoms with Crippen molar-refractivity contribution in [3.63, 3.8) is 0 Å². The second-order valence-corrected chi connectivity index (χ2v) is 24.6. The van der Waals surface area contributed by atoms with Gasteiger partial charge in [0.1, 0.15) is 13.2 Å². The maximum Gasteiger partial charge on any atom is 0.472 e. The van der Waals surface area contributed by atoms with Crippen LogP contribution >= 0.6 is 7.82 Å². The van der Waals surface area contributed by atoms with E-state index in [1.165, 1.54) is 263 Å². The van der Waals surface area contributed by atoms with E-state index in [0.29, 0.717) is 17.4 Å². The lowest BCUT2D eigenvalue weighted by atomic mass is 10.0. The van der Waals surface area contributed by atoms with Crippen molar-refractivity contribution < 1.29 is 32.9 Å². The number of carbonyl (C=O) groups is 1. The Kier molecular flexibility index (Phi) is 54.0. The number of likely N-dealkylation sites (N-methyl/N-ethyl adjacent to an activating group) is 1. The van der Waals surface area contributed by atoms with E-state index in [2.05, 4.69) is 31.3 Å². The maximum absolute atomic E-state index is 13.0. The summed E-state index contributed by atoms with van der Waals surface area (Å²) in [6.07, 6.45) is 70.3. The molecule has 3 unspecified atom stereocenters. The largest absolute Gasteiger partial charge is 0.472 e. The van der Waals surface area contributed by atoms with Gasteiger partial charge in [-0.1, -0.05) is 308 Å². The molecular formula is C63H126N2O6P+. The van der Waals surface area contributed by atoms with E-state index >= 15 is 0 Å². The zero-order chi connectivity index (χ0) is 52.7. The van der Waals surface area contributed by atoms with Crippen molar-refractivity contribution >= 4 is 13.7 Å². The number of aliphatic hydroxyl groups is 1. The van der Waals surface area contributed by atoms with E-state index in [9.17, 15) is 19.4 Å². The van der Waals surface area contributed by atoms with Gasteiger partial charge >= 0.3 is 7.82 Å². The Hall–Kier alpha value is -1.02. The minimum absolute atomic E-state index is 0.0589.